The first-order valence-corrected chi connectivity index (χ1v) is 7.89. The number of hydrogen-bond acceptors (Lipinski definition) is 3. The predicted octanol–water partition coefficient (Wildman–Crippen LogP) is 3.53. The summed E-state index contributed by atoms with van der Waals surface area (Å²) >= 11 is 0. The molecule has 0 radical (unpaired) electrons. The van der Waals surface area contributed by atoms with Crippen molar-refractivity contribution in [2.24, 2.45) is 0 Å². The van der Waals surface area contributed by atoms with Gasteiger partial charge in [0.05, 0.1) is 24.0 Å². The largest absolute Gasteiger partial charge is 0.492 e. The van der Waals surface area contributed by atoms with Gasteiger partial charge in [0.25, 0.3) is 0 Å². The molecule has 3 N–H and O–H groups in total. The summed E-state index contributed by atoms with van der Waals surface area (Å²) in [5.41, 5.74) is -0.887. The summed E-state index contributed by atoms with van der Waals surface area (Å²) < 4.78 is 43.8. The van der Waals surface area contributed by atoms with Crippen molar-refractivity contribution in [3.05, 3.63) is 23.8 Å². The van der Waals surface area contributed by atoms with E-state index in [0.717, 1.165) is 12.1 Å². The maximum atomic E-state index is 12.8. The molecule has 1 fully saturated rings. The summed E-state index contributed by atoms with van der Waals surface area (Å²) in [6.07, 6.45) is -2.39. The number of aliphatic hydroxyl groups excluding tert-OH is 1. The van der Waals surface area contributed by atoms with E-state index in [1.54, 1.807) is 6.92 Å². The average Bonchev–Trinajstić information content (AvgIpc) is 2.50. The van der Waals surface area contributed by atoms with Crippen molar-refractivity contribution in [3.63, 3.8) is 0 Å². The van der Waals surface area contributed by atoms with Crippen molar-refractivity contribution in [2.45, 2.75) is 50.9 Å². The summed E-state index contributed by atoms with van der Waals surface area (Å²) in [5, 5.41) is 14.6. The summed E-state index contributed by atoms with van der Waals surface area (Å²) in [7, 11) is 0. The molecular weight excluding hydrogens is 325 g/mol. The van der Waals surface area contributed by atoms with E-state index in [-0.39, 0.29) is 30.2 Å². The number of carbonyl (C=O) groups is 1. The number of ether oxygens (including phenoxy) is 1. The molecule has 24 heavy (non-hydrogen) atoms. The first kappa shape index (κ1) is 18.4. The van der Waals surface area contributed by atoms with Crippen LogP contribution in [0.5, 0.6) is 5.75 Å². The van der Waals surface area contributed by atoms with Crippen molar-refractivity contribution < 1.29 is 27.8 Å². The molecule has 0 heterocycles. The third kappa shape index (κ3) is 5.02. The Balaban J connectivity index is 2.07. The Morgan fingerprint density at radius 3 is 2.54 bits per heavy atom. The summed E-state index contributed by atoms with van der Waals surface area (Å²) in [6, 6.07) is 2.27. The van der Waals surface area contributed by atoms with Gasteiger partial charge in [0.15, 0.2) is 0 Å². The number of aliphatic hydroxyl groups is 1. The van der Waals surface area contributed by atoms with E-state index in [0.29, 0.717) is 25.7 Å². The van der Waals surface area contributed by atoms with Gasteiger partial charge in [-0.25, -0.2) is 4.79 Å². The van der Waals surface area contributed by atoms with Gasteiger partial charge in [-0.1, -0.05) is 0 Å². The van der Waals surface area contributed by atoms with E-state index < -0.39 is 17.8 Å². The highest BCUT2D eigenvalue weighted by molar-refractivity contribution is 5.91. The van der Waals surface area contributed by atoms with Gasteiger partial charge < -0.3 is 20.5 Å². The minimum Gasteiger partial charge on any atom is -0.492 e. The van der Waals surface area contributed by atoms with Crippen LogP contribution < -0.4 is 15.4 Å². The number of halogens is 3. The summed E-state index contributed by atoms with van der Waals surface area (Å²) in [4.78, 5) is 12.1. The molecule has 8 heteroatoms. The van der Waals surface area contributed by atoms with Gasteiger partial charge in [0.2, 0.25) is 0 Å². The number of alkyl halides is 3. The minimum atomic E-state index is -4.50. The Bertz CT molecular complexity index is 570. The van der Waals surface area contributed by atoms with Gasteiger partial charge in [-0.05, 0) is 50.8 Å². The standard InChI is InChI=1S/C16H21F3N2O3/c1-2-24-14-8-3-10(16(17,18)19)9-13(14)21-15(23)20-11-4-6-12(22)7-5-11/h3,8-9,11-12,22H,2,4-7H2,1H3,(H2,20,21,23). The zero-order valence-electron chi connectivity index (χ0n) is 13.3. The third-order valence-electron chi connectivity index (χ3n) is 3.89. The van der Waals surface area contributed by atoms with Crippen molar-refractivity contribution in [3.8, 4) is 5.75 Å². The molecule has 1 aliphatic carbocycles. The predicted molar refractivity (Wildman–Crippen MR) is 83.0 cm³/mol. The zero-order chi connectivity index (χ0) is 17.7. The lowest BCUT2D eigenvalue weighted by Crippen LogP contribution is -2.41. The summed E-state index contributed by atoms with van der Waals surface area (Å²) in [5.74, 6) is 0.180. The van der Waals surface area contributed by atoms with Gasteiger partial charge in [-0.3, -0.25) is 0 Å². The van der Waals surface area contributed by atoms with E-state index in [4.69, 9.17) is 4.74 Å². The molecule has 0 atom stereocenters. The molecule has 0 saturated heterocycles. The highest BCUT2D eigenvalue weighted by Gasteiger charge is 2.31. The Kier molecular flexibility index (Phi) is 5.93. The molecule has 1 saturated carbocycles. The molecule has 2 amide bonds. The van der Waals surface area contributed by atoms with Crippen molar-refractivity contribution in [1.29, 1.82) is 0 Å². The number of benzene rings is 1. The normalized spacial score (nSPS) is 21.2. The third-order valence-corrected chi connectivity index (χ3v) is 3.89. The molecule has 0 unspecified atom stereocenters. The number of carbonyl (C=O) groups excluding carboxylic acids is 1. The van der Waals surface area contributed by atoms with Gasteiger partial charge in [-0.2, -0.15) is 13.2 Å². The number of amides is 2. The van der Waals surface area contributed by atoms with Crippen molar-refractivity contribution in [2.75, 3.05) is 11.9 Å². The maximum Gasteiger partial charge on any atom is 0.416 e. The Morgan fingerprint density at radius 1 is 1.29 bits per heavy atom. The topological polar surface area (TPSA) is 70.6 Å². The second-order valence-corrected chi connectivity index (χ2v) is 5.75. The smallest absolute Gasteiger partial charge is 0.416 e. The van der Waals surface area contributed by atoms with Crippen LogP contribution in [0.1, 0.15) is 38.2 Å². The van der Waals surface area contributed by atoms with Crippen LogP contribution in [0, 0.1) is 0 Å². The van der Waals surface area contributed by atoms with Crippen LogP contribution in [-0.2, 0) is 6.18 Å². The lowest BCUT2D eigenvalue weighted by molar-refractivity contribution is -0.137. The average molecular weight is 346 g/mol. The zero-order valence-corrected chi connectivity index (χ0v) is 13.3. The van der Waals surface area contributed by atoms with Gasteiger partial charge in [-0.15, -0.1) is 0 Å². The molecule has 0 bridgehead atoms. The highest BCUT2D eigenvalue weighted by Crippen LogP contribution is 2.35. The second kappa shape index (κ2) is 7.74. The Morgan fingerprint density at radius 2 is 1.96 bits per heavy atom. The lowest BCUT2D eigenvalue weighted by atomic mass is 9.93. The SMILES string of the molecule is CCOc1ccc(C(F)(F)F)cc1NC(=O)NC1CCC(O)CC1. The van der Waals surface area contributed by atoms with Crippen LogP contribution in [0.2, 0.25) is 0 Å². The van der Waals surface area contributed by atoms with Crippen molar-refractivity contribution >= 4 is 11.7 Å². The van der Waals surface area contributed by atoms with E-state index in [9.17, 15) is 23.1 Å². The Labute approximate surface area is 138 Å². The number of urea groups is 1. The maximum absolute atomic E-state index is 12.8. The number of nitrogens with one attached hydrogen (secondary N) is 2. The van der Waals surface area contributed by atoms with E-state index in [1.807, 2.05) is 0 Å². The lowest BCUT2D eigenvalue weighted by Gasteiger charge is -2.26. The van der Waals surface area contributed by atoms with Crippen LogP contribution in [0.4, 0.5) is 23.7 Å². The monoisotopic (exact) mass is 346 g/mol. The van der Waals surface area contributed by atoms with Crippen LogP contribution in [0.3, 0.4) is 0 Å². The van der Waals surface area contributed by atoms with Crippen LogP contribution in [-0.4, -0.2) is 29.9 Å². The van der Waals surface area contributed by atoms with Crippen LogP contribution >= 0.6 is 0 Å². The van der Waals surface area contributed by atoms with E-state index >= 15 is 0 Å². The molecule has 0 aliphatic heterocycles. The summed E-state index contributed by atoms with van der Waals surface area (Å²) in [6.45, 7) is 1.97. The molecule has 1 aliphatic rings. The van der Waals surface area contributed by atoms with Gasteiger partial charge in [0.1, 0.15) is 5.75 Å². The van der Waals surface area contributed by atoms with Crippen LogP contribution in [0.25, 0.3) is 0 Å². The molecule has 1 aromatic carbocycles. The first-order chi connectivity index (χ1) is 11.3. The molecule has 0 aromatic heterocycles. The molecule has 2 rings (SSSR count). The van der Waals surface area contributed by atoms with Gasteiger partial charge in [0, 0.05) is 6.04 Å². The van der Waals surface area contributed by atoms with Crippen LogP contribution in [0.15, 0.2) is 18.2 Å². The molecule has 0 spiro atoms. The number of hydrogen-bond donors (Lipinski definition) is 3. The minimum absolute atomic E-state index is 0.0278. The first-order valence-electron chi connectivity index (χ1n) is 7.89. The van der Waals surface area contributed by atoms with Crippen molar-refractivity contribution in [1.82, 2.24) is 5.32 Å². The van der Waals surface area contributed by atoms with E-state index in [1.165, 1.54) is 6.07 Å². The second-order valence-electron chi connectivity index (χ2n) is 5.75. The number of anilines is 1. The highest BCUT2D eigenvalue weighted by atomic mass is 19.4. The molecule has 1 aromatic rings. The Hall–Kier alpha value is -1.96. The fourth-order valence-corrected chi connectivity index (χ4v) is 2.65. The van der Waals surface area contributed by atoms with E-state index in [2.05, 4.69) is 10.6 Å². The fraction of sp³-hybridized carbons (Fsp3) is 0.562. The quantitative estimate of drug-likeness (QED) is 0.781. The fourth-order valence-electron chi connectivity index (χ4n) is 2.65. The molecule has 5 nitrogen and oxygen atoms in total. The molecule has 134 valence electrons. The number of rotatable bonds is 4. The molecular formula is C16H21F3N2O3. The van der Waals surface area contributed by atoms with Gasteiger partial charge >= 0.3 is 12.2 Å².